The van der Waals surface area contributed by atoms with E-state index >= 15 is 0 Å². The van der Waals surface area contributed by atoms with Gasteiger partial charge < -0.3 is 24.1 Å². The molecule has 2 atom stereocenters. The number of hydrogen-bond donors (Lipinski definition) is 1. The zero-order valence-electron chi connectivity index (χ0n) is 18.8. The van der Waals surface area contributed by atoms with Crippen molar-refractivity contribution in [3.8, 4) is 5.75 Å². The van der Waals surface area contributed by atoms with Crippen LogP contribution in [0, 0.1) is 0 Å². The average molecular weight is 439 g/mol. The van der Waals surface area contributed by atoms with Crippen molar-refractivity contribution in [2.75, 3.05) is 26.2 Å². The fourth-order valence-corrected chi connectivity index (χ4v) is 4.58. The molecule has 0 unspecified atom stereocenters. The van der Waals surface area contributed by atoms with Crippen molar-refractivity contribution >= 4 is 17.4 Å². The van der Waals surface area contributed by atoms with Crippen molar-refractivity contribution in [3.63, 3.8) is 0 Å². The molecule has 0 spiro atoms. The third-order valence-electron chi connectivity index (χ3n) is 6.29. The largest absolute Gasteiger partial charge is 0.507 e. The van der Waals surface area contributed by atoms with Gasteiger partial charge in [0.1, 0.15) is 29.4 Å². The maximum Gasteiger partial charge on any atom is 0.295 e. The lowest BCUT2D eigenvalue weighted by atomic mass is 9.97. The molecule has 4 rings (SSSR count). The van der Waals surface area contributed by atoms with Gasteiger partial charge in [0.05, 0.1) is 11.8 Å². The van der Waals surface area contributed by atoms with Gasteiger partial charge in [-0.15, -0.1) is 0 Å². The number of carbonyl (C=O) groups is 2. The van der Waals surface area contributed by atoms with Crippen LogP contribution in [-0.4, -0.2) is 58.9 Å². The molecule has 3 heterocycles. The van der Waals surface area contributed by atoms with Crippen LogP contribution < -0.4 is 4.74 Å². The number of carbonyl (C=O) groups excluding carboxylic acids is 2. The first-order valence-corrected chi connectivity index (χ1v) is 11.3. The van der Waals surface area contributed by atoms with Gasteiger partial charge in [-0.25, -0.2) is 0 Å². The fourth-order valence-electron chi connectivity index (χ4n) is 4.58. The first kappa shape index (κ1) is 22.1. The summed E-state index contributed by atoms with van der Waals surface area (Å²) in [6.07, 6.45) is 3.04. The number of hydrogen-bond acceptors (Lipinski definition) is 6. The molecule has 0 bridgehead atoms. The van der Waals surface area contributed by atoms with Crippen LogP contribution in [0.2, 0.25) is 0 Å². The third kappa shape index (κ3) is 4.05. The molecule has 0 radical (unpaired) electrons. The van der Waals surface area contributed by atoms with Crippen molar-refractivity contribution in [1.82, 2.24) is 9.80 Å². The number of nitrogens with zero attached hydrogens (tertiary/aromatic N) is 2. The molecule has 2 aliphatic rings. The molecule has 1 N–H and O–H groups in total. The number of Topliss-reactive ketones (excluding diaryl/α,β-unsaturated/α-hetero) is 1. The highest BCUT2D eigenvalue weighted by Crippen LogP contribution is 2.40. The van der Waals surface area contributed by atoms with Crippen LogP contribution in [-0.2, 0) is 16.0 Å². The summed E-state index contributed by atoms with van der Waals surface area (Å²) < 4.78 is 11.3. The highest BCUT2D eigenvalue weighted by molar-refractivity contribution is 6.46. The Bertz CT molecular complexity index is 1020. The van der Waals surface area contributed by atoms with Crippen LogP contribution in [0.15, 0.2) is 46.6 Å². The summed E-state index contributed by atoms with van der Waals surface area (Å²) in [6.45, 7) is 9.26. The van der Waals surface area contributed by atoms with Crippen LogP contribution in [0.25, 0.3) is 5.76 Å². The Hall–Kier alpha value is -3.06. The van der Waals surface area contributed by atoms with Gasteiger partial charge in [-0.3, -0.25) is 9.59 Å². The van der Waals surface area contributed by atoms with Gasteiger partial charge in [0.25, 0.3) is 11.7 Å². The predicted molar refractivity (Wildman–Crippen MR) is 120 cm³/mol. The lowest BCUT2D eigenvalue weighted by molar-refractivity contribution is -0.140. The topological polar surface area (TPSA) is 83.2 Å². The summed E-state index contributed by atoms with van der Waals surface area (Å²) in [5, 5.41) is 11.2. The number of likely N-dealkylation sites (tertiary alicyclic amines) is 1. The Morgan fingerprint density at radius 1 is 1.22 bits per heavy atom. The van der Waals surface area contributed by atoms with E-state index in [1.807, 2.05) is 13.0 Å². The molecular weight excluding hydrogens is 408 g/mol. The van der Waals surface area contributed by atoms with Crippen LogP contribution in [0.5, 0.6) is 5.75 Å². The molecule has 0 saturated carbocycles. The number of rotatable bonds is 8. The van der Waals surface area contributed by atoms with Gasteiger partial charge >= 0.3 is 0 Å². The Kier molecular flexibility index (Phi) is 6.37. The molecular formula is C25H30N2O5. The molecule has 2 aromatic rings. The van der Waals surface area contributed by atoms with Crippen LogP contribution in [0.4, 0.5) is 0 Å². The number of amides is 1. The van der Waals surface area contributed by atoms with Gasteiger partial charge in [0.2, 0.25) is 0 Å². The maximum atomic E-state index is 13.0. The van der Waals surface area contributed by atoms with Crippen molar-refractivity contribution in [2.24, 2.45) is 0 Å². The SMILES string of the molecule is CCN(CC)CCCN1C(=O)C(=O)/C(=C(/O)c2ccc3c(c2)C[C@@H](C)O3)[C@H]1c1ccco1. The first-order chi connectivity index (χ1) is 15.4. The molecule has 1 saturated heterocycles. The van der Waals surface area contributed by atoms with Crippen molar-refractivity contribution < 1.29 is 23.8 Å². The van der Waals surface area contributed by atoms with Crippen LogP contribution in [0.1, 0.15) is 50.1 Å². The minimum absolute atomic E-state index is 0.0692. The van der Waals surface area contributed by atoms with Crippen LogP contribution in [0.3, 0.4) is 0 Å². The van der Waals surface area contributed by atoms with E-state index < -0.39 is 17.7 Å². The normalized spacial score (nSPS) is 21.9. The second kappa shape index (κ2) is 9.20. The number of benzene rings is 1. The lowest BCUT2D eigenvalue weighted by Gasteiger charge is -2.25. The smallest absolute Gasteiger partial charge is 0.295 e. The van der Waals surface area contributed by atoms with E-state index in [9.17, 15) is 14.7 Å². The van der Waals surface area contributed by atoms with Gasteiger partial charge in [0, 0.05) is 18.5 Å². The summed E-state index contributed by atoms with van der Waals surface area (Å²) in [7, 11) is 0. The molecule has 170 valence electrons. The summed E-state index contributed by atoms with van der Waals surface area (Å²) in [4.78, 5) is 29.8. The standard InChI is InChI=1S/C25H30N2O5/c1-4-26(5-2)11-7-12-27-22(20-8-6-13-31-20)21(24(29)25(27)30)23(28)17-9-10-19-18(15-17)14-16(3)32-19/h6,8-10,13,15-16,22,28H,4-5,7,11-12,14H2,1-3H3/b23-21+/t16-,22-/m1/s1. The lowest BCUT2D eigenvalue weighted by Crippen LogP contribution is -2.33. The number of furan rings is 1. The maximum absolute atomic E-state index is 13.0. The van der Waals surface area contributed by atoms with Gasteiger partial charge in [0.15, 0.2) is 0 Å². The molecule has 7 heteroatoms. The number of ether oxygens (including phenoxy) is 1. The zero-order chi connectivity index (χ0) is 22.8. The summed E-state index contributed by atoms with van der Waals surface area (Å²) >= 11 is 0. The molecule has 0 aliphatic carbocycles. The van der Waals surface area contributed by atoms with E-state index in [0.717, 1.165) is 43.8 Å². The molecule has 1 amide bonds. The quantitative estimate of drug-likeness (QED) is 0.384. The summed E-state index contributed by atoms with van der Waals surface area (Å²) in [5.74, 6) is -0.221. The van der Waals surface area contributed by atoms with E-state index in [2.05, 4.69) is 18.7 Å². The van der Waals surface area contributed by atoms with Crippen molar-refractivity contribution in [3.05, 3.63) is 59.1 Å². The fraction of sp³-hybridized carbons (Fsp3) is 0.440. The van der Waals surface area contributed by atoms with E-state index in [1.54, 1.807) is 24.3 Å². The molecule has 1 aromatic heterocycles. The summed E-state index contributed by atoms with van der Waals surface area (Å²) in [6, 6.07) is 8.07. The second-order valence-corrected chi connectivity index (χ2v) is 8.34. The Morgan fingerprint density at radius 3 is 2.69 bits per heavy atom. The Balaban J connectivity index is 1.68. The summed E-state index contributed by atoms with van der Waals surface area (Å²) in [5.41, 5.74) is 1.54. The predicted octanol–water partition coefficient (Wildman–Crippen LogP) is 3.76. The molecule has 32 heavy (non-hydrogen) atoms. The Labute approximate surface area is 188 Å². The van der Waals surface area contributed by atoms with E-state index in [4.69, 9.17) is 9.15 Å². The van der Waals surface area contributed by atoms with Gasteiger partial charge in [-0.2, -0.15) is 0 Å². The van der Waals surface area contributed by atoms with Crippen LogP contribution >= 0.6 is 0 Å². The highest BCUT2D eigenvalue weighted by atomic mass is 16.5. The number of aliphatic hydroxyl groups excluding tert-OH is 1. The third-order valence-corrected chi connectivity index (χ3v) is 6.29. The molecule has 1 aromatic carbocycles. The van der Waals surface area contributed by atoms with E-state index in [0.29, 0.717) is 17.9 Å². The number of fused-ring (bicyclic) bond motifs is 1. The van der Waals surface area contributed by atoms with Crippen molar-refractivity contribution in [1.29, 1.82) is 0 Å². The zero-order valence-corrected chi connectivity index (χ0v) is 18.8. The molecule has 1 fully saturated rings. The average Bonchev–Trinajstić information content (AvgIpc) is 3.49. The van der Waals surface area contributed by atoms with Crippen molar-refractivity contribution in [2.45, 2.75) is 45.8 Å². The second-order valence-electron chi connectivity index (χ2n) is 8.34. The molecule has 2 aliphatic heterocycles. The number of ketones is 1. The van der Waals surface area contributed by atoms with Gasteiger partial charge in [-0.05, 0) is 68.9 Å². The van der Waals surface area contributed by atoms with Gasteiger partial charge in [-0.1, -0.05) is 13.8 Å². The first-order valence-electron chi connectivity index (χ1n) is 11.3. The van der Waals surface area contributed by atoms with E-state index in [-0.39, 0.29) is 17.4 Å². The number of aliphatic hydroxyl groups is 1. The molecule has 7 nitrogen and oxygen atoms in total. The monoisotopic (exact) mass is 438 g/mol. The Morgan fingerprint density at radius 2 is 2.00 bits per heavy atom. The minimum Gasteiger partial charge on any atom is -0.507 e. The highest BCUT2D eigenvalue weighted by Gasteiger charge is 2.47. The minimum atomic E-state index is -0.745. The van der Waals surface area contributed by atoms with E-state index in [1.165, 1.54) is 11.2 Å².